The molecule has 0 aromatic carbocycles. The first-order valence-corrected chi connectivity index (χ1v) is 11.8. The lowest BCUT2D eigenvalue weighted by Gasteiger charge is -2.42. The van der Waals surface area contributed by atoms with Gasteiger partial charge in [-0.25, -0.2) is 4.98 Å². The van der Waals surface area contributed by atoms with Gasteiger partial charge in [-0.3, -0.25) is 4.68 Å². The van der Waals surface area contributed by atoms with Gasteiger partial charge in [0.15, 0.2) is 5.82 Å². The summed E-state index contributed by atoms with van der Waals surface area (Å²) in [5.41, 5.74) is -0.0807. The van der Waals surface area contributed by atoms with E-state index in [9.17, 15) is 18.3 Å². The second kappa shape index (κ2) is 9.07. The molecule has 196 valence electrons. The Bertz CT molecular complexity index is 1460. The van der Waals surface area contributed by atoms with E-state index in [0.29, 0.717) is 39.9 Å². The van der Waals surface area contributed by atoms with E-state index in [1.54, 1.807) is 46.9 Å². The van der Waals surface area contributed by atoms with Gasteiger partial charge in [0, 0.05) is 36.6 Å². The van der Waals surface area contributed by atoms with Crippen LogP contribution in [0.1, 0.15) is 25.1 Å². The fraction of sp³-hybridized carbons (Fsp3) is 0.391. The van der Waals surface area contributed by atoms with E-state index in [1.807, 2.05) is 0 Å². The van der Waals surface area contributed by atoms with Crippen LogP contribution in [0.2, 0.25) is 5.02 Å². The molecule has 1 fully saturated rings. The van der Waals surface area contributed by atoms with Gasteiger partial charge < -0.3 is 19.6 Å². The third-order valence-corrected chi connectivity index (χ3v) is 7.40. The molecule has 9 nitrogen and oxygen atoms in total. The Morgan fingerprint density at radius 3 is 2.62 bits per heavy atom. The van der Waals surface area contributed by atoms with Crippen molar-refractivity contribution < 1.29 is 18.3 Å². The van der Waals surface area contributed by atoms with Crippen molar-refractivity contribution >= 4 is 36.7 Å². The number of aliphatic hydroxyl groups is 1. The smallest absolute Gasteiger partial charge is 0.389 e. The molecule has 6 rings (SSSR count). The van der Waals surface area contributed by atoms with Crippen molar-refractivity contribution in [3.8, 4) is 22.6 Å². The van der Waals surface area contributed by atoms with E-state index < -0.39 is 17.7 Å². The first-order chi connectivity index (χ1) is 17.2. The monoisotopic (exact) mass is 552 g/mol. The van der Waals surface area contributed by atoms with Gasteiger partial charge in [-0.05, 0) is 25.0 Å². The molecule has 1 aliphatic carbocycles. The Labute approximate surface area is 221 Å². The van der Waals surface area contributed by atoms with Crippen molar-refractivity contribution in [2.75, 3.05) is 5.32 Å². The van der Waals surface area contributed by atoms with Crippen LogP contribution < -0.4 is 5.32 Å². The maximum atomic E-state index is 14.1. The molecule has 1 atom stereocenters. The second-order valence-electron chi connectivity index (χ2n) is 9.33. The second-order valence-corrected chi connectivity index (χ2v) is 9.73. The van der Waals surface area contributed by atoms with Crippen LogP contribution in [-0.2, 0) is 25.6 Å². The molecule has 0 radical (unpaired) electrons. The number of rotatable bonds is 4. The standard InChI is InChI=1S/C23H22ClF3N8O.H2S/c1-33-19(3-6-29-33)30-18-8-15(16(24)9-28-18)13-7-17-20-31-32-21(22(4-2-5-22)23(25,26)27)35(20)12-14(36)11-34(17)10-13;/h3,6-10,14,36H,2,4-5,11-12H2,1H3,(H,28,30);1H2/t14-;/m0./s1. The molecule has 37 heavy (non-hydrogen) atoms. The number of hydrogen-bond acceptors (Lipinski definition) is 6. The lowest BCUT2D eigenvalue weighted by Crippen LogP contribution is -2.50. The van der Waals surface area contributed by atoms with Gasteiger partial charge in [0.25, 0.3) is 0 Å². The number of aryl methyl sites for hydroxylation is 1. The highest BCUT2D eigenvalue weighted by Gasteiger charge is 2.62. The van der Waals surface area contributed by atoms with Crippen molar-refractivity contribution in [1.82, 2.24) is 34.1 Å². The van der Waals surface area contributed by atoms with Crippen LogP contribution >= 0.6 is 25.1 Å². The first-order valence-electron chi connectivity index (χ1n) is 11.5. The highest BCUT2D eigenvalue weighted by molar-refractivity contribution is 7.59. The number of pyridine rings is 1. The van der Waals surface area contributed by atoms with E-state index in [2.05, 4.69) is 25.6 Å². The van der Waals surface area contributed by atoms with E-state index in [4.69, 9.17) is 11.6 Å². The molecule has 14 heteroatoms. The molecular formula is C23H24ClF3N8OS. The minimum Gasteiger partial charge on any atom is -0.389 e. The number of aliphatic hydroxyl groups excluding tert-OH is 1. The average Bonchev–Trinajstić information content (AvgIpc) is 3.46. The van der Waals surface area contributed by atoms with Gasteiger partial charge in [0.1, 0.15) is 22.9 Å². The van der Waals surface area contributed by atoms with Gasteiger partial charge in [0.2, 0.25) is 0 Å². The molecule has 0 spiro atoms. The van der Waals surface area contributed by atoms with Crippen LogP contribution in [0.25, 0.3) is 22.6 Å². The molecule has 1 saturated carbocycles. The molecule has 4 aromatic rings. The molecule has 2 aliphatic rings. The highest BCUT2D eigenvalue weighted by Crippen LogP contribution is 2.54. The zero-order chi connectivity index (χ0) is 25.2. The Balaban J connectivity index is 0.00000280. The van der Waals surface area contributed by atoms with Gasteiger partial charge >= 0.3 is 6.18 Å². The molecular weight excluding hydrogens is 529 g/mol. The van der Waals surface area contributed by atoms with Crippen LogP contribution in [0, 0.1) is 0 Å². The summed E-state index contributed by atoms with van der Waals surface area (Å²) in [5, 5.41) is 26.6. The lowest BCUT2D eigenvalue weighted by molar-refractivity contribution is -0.216. The fourth-order valence-corrected chi connectivity index (χ4v) is 5.24. The van der Waals surface area contributed by atoms with Crippen LogP contribution in [0.3, 0.4) is 0 Å². The van der Waals surface area contributed by atoms with Gasteiger partial charge in [0.05, 0.1) is 36.1 Å². The molecule has 5 heterocycles. The largest absolute Gasteiger partial charge is 0.401 e. The lowest BCUT2D eigenvalue weighted by atomic mass is 9.67. The zero-order valence-corrected chi connectivity index (χ0v) is 21.4. The number of nitrogens with one attached hydrogen (secondary N) is 1. The molecule has 2 N–H and O–H groups in total. The Morgan fingerprint density at radius 2 is 1.97 bits per heavy atom. The van der Waals surface area contributed by atoms with Crippen molar-refractivity contribution in [3.05, 3.63) is 47.6 Å². The minimum absolute atomic E-state index is 0. The first kappa shape index (κ1) is 25.6. The number of hydrogen-bond donors (Lipinski definition) is 2. The third kappa shape index (κ3) is 4.09. The van der Waals surface area contributed by atoms with Gasteiger partial charge in [-0.15, -0.1) is 10.2 Å². The molecule has 0 amide bonds. The van der Waals surface area contributed by atoms with Crippen molar-refractivity contribution in [2.45, 2.75) is 50.0 Å². The molecule has 0 unspecified atom stereocenters. The quantitative estimate of drug-likeness (QED) is 0.389. The molecule has 4 aromatic heterocycles. The van der Waals surface area contributed by atoms with E-state index in [-0.39, 0.29) is 45.3 Å². The topological polar surface area (TPSA) is 98.6 Å². The van der Waals surface area contributed by atoms with Crippen molar-refractivity contribution in [3.63, 3.8) is 0 Å². The molecule has 0 saturated heterocycles. The fourth-order valence-electron chi connectivity index (χ4n) is 5.03. The Kier molecular flexibility index (Phi) is 6.28. The predicted octanol–water partition coefficient (Wildman–Crippen LogP) is 4.41. The predicted molar refractivity (Wildman–Crippen MR) is 136 cm³/mol. The van der Waals surface area contributed by atoms with Crippen molar-refractivity contribution in [2.24, 2.45) is 7.05 Å². The summed E-state index contributed by atoms with van der Waals surface area (Å²) in [7, 11) is 1.80. The Morgan fingerprint density at radius 1 is 1.19 bits per heavy atom. The summed E-state index contributed by atoms with van der Waals surface area (Å²) in [6.07, 6.45) is 0.0403. The van der Waals surface area contributed by atoms with Crippen molar-refractivity contribution in [1.29, 1.82) is 0 Å². The number of alkyl halides is 3. The summed E-state index contributed by atoms with van der Waals surface area (Å²) >= 11 is 6.48. The summed E-state index contributed by atoms with van der Waals surface area (Å²) in [5.74, 6) is 1.45. The SMILES string of the molecule is Cn1nccc1Nc1cc(-c2cc3n(c2)C[C@H](O)Cn2c-3nnc2C2(C(F)(F)F)CCC2)c(Cl)cn1.S. The maximum Gasteiger partial charge on any atom is 0.401 e. The van der Waals surface area contributed by atoms with Crippen LogP contribution in [0.5, 0.6) is 0 Å². The maximum absolute atomic E-state index is 14.1. The normalized spacial score (nSPS) is 18.3. The number of halogens is 4. The highest BCUT2D eigenvalue weighted by atomic mass is 35.5. The van der Waals surface area contributed by atoms with Gasteiger partial charge in [-0.2, -0.15) is 31.8 Å². The number of anilines is 2. The van der Waals surface area contributed by atoms with Crippen LogP contribution in [0.15, 0.2) is 36.8 Å². The number of fused-ring (bicyclic) bond motifs is 3. The third-order valence-electron chi connectivity index (χ3n) is 7.10. The van der Waals surface area contributed by atoms with Crippen LogP contribution in [-0.4, -0.2) is 51.5 Å². The molecule has 1 aliphatic heterocycles. The van der Waals surface area contributed by atoms with E-state index >= 15 is 0 Å². The minimum atomic E-state index is -4.44. The zero-order valence-electron chi connectivity index (χ0n) is 19.7. The summed E-state index contributed by atoms with van der Waals surface area (Å²) in [6.45, 7) is 0.182. The van der Waals surface area contributed by atoms with Crippen LogP contribution in [0.4, 0.5) is 24.8 Å². The van der Waals surface area contributed by atoms with E-state index in [1.165, 1.54) is 10.8 Å². The summed E-state index contributed by atoms with van der Waals surface area (Å²) in [4.78, 5) is 4.33. The Hall–Kier alpha value is -3.03. The van der Waals surface area contributed by atoms with Gasteiger partial charge in [-0.1, -0.05) is 18.0 Å². The summed E-state index contributed by atoms with van der Waals surface area (Å²) in [6, 6.07) is 5.39. The summed E-state index contributed by atoms with van der Waals surface area (Å²) < 4.78 is 47.1. The number of aromatic nitrogens is 7. The van der Waals surface area contributed by atoms with E-state index in [0.717, 1.165) is 5.82 Å². The number of nitrogens with zero attached hydrogens (tertiary/aromatic N) is 7. The average molecular weight is 553 g/mol. The molecule has 0 bridgehead atoms.